The maximum Gasteiger partial charge on any atom is 0.340 e. The zero-order chi connectivity index (χ0) is 20.0. The lowest BCUT2D eigenvalue weighted by atomic mass is 10.1. The molecule has 6 nitrogen and oxygen atoms in total. The summed E-state index contributed by atoms with van der Waals surface area (Å²) in [5, 5.41) is 3.53. The zero-order valence-electron chi connectivity index (χ0n) is 14.8. The number of methoxy groups -OCH3 is 3. The lowest BCUT2D eigenvalue weighted by Gasteiger charge is -2.14. The van der Waals surface area contributed by atoms with E-state index in [0.717, 1.165) is 0 Å². The summed E-state index contributed by atoms with van der Waals surface area (Å²) in [5.41, 5.74) is 0.967. The molecule has 0 unspecified atom stereocenters. The smallest absolute Gasteiger partial charge is 0.340 e. The molecule has 0 saturated carbocycles. The molecule has 1 N–H and O–H groups in total. The van der Waals surface area contributed by atoms with Crippen LogP contribution in [0.15, 0.2) is 36.4 Å². The third kappa shape index (κ3) is 5.15. The normalized spacial score (nSPS) is 10.6. The maximum atomic E-state index is 12.3. The highest BCUT2D eigenvalue weighted by Crippen LogP contribution is 2.33. The summed E-state index contributed by atoms with van der Waals surface area (Å²) in [4.78, 5) is 24.3. The number of esters is 1. The van der Waals surface area contributed by atoms with Crippen molar-refractivity contribution in [2.24, 2.45) is 0 Å². The number of nitrogens with one attached hydrogen (secondary N) is 1. The summed E-state index contributed by atoms with van der Waals surface area (Å²) in [7, 11) is 4.13. The van der Waals surface area contributed by atoms with Crippen LogP contribution in [0.1, 0.15) is 15.9 Å². The fourth-order valence-corrected chi connectivity index (χ4v) is 2.71. The van der Waals surface area contributed by atoms with E-state index in [1.165, 1.54) is 45.6 Å². The van der Waals surface area contributed by atoms with Gasteiger partial charge in [-0.25, -0.2) is 4.79 Å². The van der Waals surface area contributed by atoms with Gasteiger partial charge in [-0.1, -0.05) is 29.3 Å². The van der Waals surface area contributed by atoms with Crippen LogP contribution in [0.4, 0.5) is 5.69 Å². The molecule has 0 saturated heterocycles. The molecule has 0 atom stereocenters. The molecule has 0 spiro atoms. The molecule has 2 aromatic carbocycles. The fourth-order valence-electron chi connectivity index (χ4n) is 2.24. The van der Waals surface area contributed by atoms with Gasteiger partial charge in [-0.2, -0.15) is 0 Å². The van der Waals surface area contributed by atoms with Crippen LogP contribution in [0.3, 0.4) is 0 Å². The van der Waals surface area contributed by atoms with Crippen LogP contribution in [0.5, 0.6) is 11.5 Å². The molecule has 1 amide bonds. The number of rotatable bonds is 6. The lowest BCUT2D eigenvalue weighted by molar-refractivity contribution is -0.111. The number of hydrogen-bond donors (Lipinski definition) is 1. The number of carbonyl (C=O) groups is 2. The second-order valence-electron chi connectivity index (χ2n) is 5.23. The second-order valence-corrected chi connectivity index (χ2v) is 6.08. The van der Waals surface area contributed by atoms with Crippen molar-refractivity contribution in [1.29, 1.82) is 0 Å². The molecule has 27 heavy (non-hydrogen) atoms. The summed E-state index contributed by atoms with van der Waals surface area (Å²) >= 11 is 11.9. The Bertz CT molecular complexity index is 896. The summed E-state index contributed by atoms with van der Waals surface area (Å²) in [5.74, 6) is -0.418. The van der Waals surface area contributed by atoms with Gasteiger partial charge in [-0.3, -0.25) is 4.79 Å². The SMILES string of the molecule is COC(=O)c1cc(OC)c(OC)cc1NC(=O)/C=C/c1ccc(Cl)cc1Cl. The predicted molar refractivity (Wildman–Crippen MR) is 105 cm³/mol. The van der Waals surface area contributed by atoms with E-state index < -0.39 is 11.9 Å². The molecule has 0 aliphatic heterocycles. The molecule has 0 radical (unpaired) electrons. The minimum atomic E-state index is -0.629. The van der Waals surface area contributed by atoms with E-state index in [1.807, 2.05) is 0 Å². The molecule has 8 heteroatoms. The summed E-state index contributed by atoms with van der Waals surface area (Å²) in [6, 6.07) is 7.83. The highest BCUT2D eigenvalue weighted by Gasteiger charge is 2.18. The molecule has 0 bridgehead atoms. The molecule has 0 aliphatic rings. The average molecular weight is 410 g/mol. The van der Waals surface area contributed by atoms with Gasteiger partial charge < -0.3 is 19.5 Å². The van der Waals surface area contributed by atoms with Crippen molar-refractivity contribution in [1.82, 2.24) is 0 Å². The van der Waals surface area contributed by atoms with Crippen LogP contribution in [0.2, 0.25) is 10.0 Å². The van der Waals surface area contributed by atoms with E-state index in [9.17, 15) is 9.59 Å². The van der Waals surface area contributed by atoms with Gasteiger partial charge in [0.2, 0.25) is 5.91 Å². The van der Waals surface area contributed by atoms with E-state index in [1.54, 1.807) is 18.2 Å². The molecule has 142 valence electrons. The van der Waals surface area contributed by atoms with Crippen molar-refractivity contribution < 1.29 is 23.8 Å². The topological polar surface area (TPSA) is 73.9 Å². The Morgan fingerprint density at radius 3 is 2.26 bits per heavy atom. The van der Waals surface area contributed by atoms with E-state index in [-0.39, 0.29) is 11.3 Å². The largest absolute Gasteiger partial charge is 0.493 e. The van der Waals surface area contributed by atoms with Crippen molar-refractivity contribution in [2.45, 2.75) is 0 Å². The van der Waals surface area contributed by atoms with Crippen molar-refractivity contribution in [3.63, 3.8) is 0 Å². The molecule has 0 aromatic heterocycles. The first-order valence-corrected chi connectivity index (χ1v) is 8.43. The van der Waals surface area contributed by atoms with Gasteiger partial charge in [0.15, 0.2) is 11.5 Å². The van der Waals surface area contributed by atoms with Crippen molar-refractivity contribution in [3.8, 4) is 11.5 Å². The predicted octanol–water partition coefficient (Wildman–Crippen LogP) is 4.45. The third-order valence-electron chi connectivity index (χ3n) is 3.56. The first-order valence-electron chi connectivity index (χ1n) is 7.68. The van der Waals surface area contributed by atoms with E-state index >= 15 is 0 Å². The van der Waals surface area contributed by atoms with E-state index in [4.69, 9.17) is 37.4 Å². The number of hydrogen-bond acceptors (Lipinski definition) is 5. The summed E-state index contributed by atoms with van der Waals surface area (Å²) in [6.07, 6.45) is 2.82. The van der Waals surface area contributed by atoms with Crippen molar-refractivity contribution in [3.05, 3.63) is 57.6 Å². The maximum absolute atomic E-state index is 12.3. The van der Waals surface area contributed by atoms with Crippen molar-refractivity contribution in [2.75, 3.05) is 26.6 Å². The minimum Gasteiger partial charge on any atom is -0.493 e. The van der Waals surface area contributed by atoms with Crippen LogP contribution >= 0.6 is 23.2 Å². The zero-order valence-corrected chi connectivity index (χ0v) is 16.4. The Kier molecular flexibility index (Phi) is 7.10. The first-order chi connectivity index (χ1) is 12.9. The van der Waals surface area contributed by atoms with Gasteiger partial charge >= 0.3 is 5.97 Å². The summed E-state index contributed by atoms with van der Waals surface area (Å²) in [6.45, 7) is 0. The first kappa shape index (κ1) is 20.6. The van der Waals surface area contributed by atoms with E-state index in [2.05, 4.69) is 5.32 Å². The molecule has 2 aromatic rings. The number of carbonyl (C=O) groups excluding carboxylic acids is 2. The molecule has 0 aliphatic carbocycles. The van der Waals surface area contributed by atoms with Gasteiger partial charge in [0.25, 0.3) is 0 Å². The van der Waals surface area contributed by atoms with Crippen LogP contribution in [-0.4, -0.2) is 33.2 Å². The van der Waals surface area contributed by atoms with Crippen LogP contribution in [-0.2, 0) is 9.53 Å². The quantitative estimate of drug-likeness (QED) is 0.563. The standard InChI is InChI=1S/C19H17Cl2NO5/c1-25-16-9-13(19(24)27-3)15(10-17(16)26-2)22-18(23)7-5-11-4-6-12(20)8-14(11)21/h4-10H,1-3H3,(H,22,23)/b7-5+. The van der Waals surface area contributed by atoms with Gasteiger partial charge in [0.05, 0.1) is 32.6 Å². The van der Waals surface area contributed by atoms with Gasteiger partial charge in [0, 0.05) is 28.3 Å². The number of anilines is 1. The summed E-state index contributed by atoms with van der Waals surface area (Å²) < 4.78 is 15.1. The minimum absolute atomic E-state index is 0.126. The molecule has 2 rings (SSSR count). The second kappa shape index (κ2) is 9.30. The van der Waals surface area contributed by atoms with Crippen LogP contribution < -0.4 is 14.8 Å². The Labute approximate surface area is 166 Å². The van der Waals surface area contributed by atoms with Crippen molar-refractivity contribution >= 4 is 46.8 Å². The Hall–Kier alpha value is -2.70. The Balaban J connectivity index is 2.30. The highest BCUT2D eigenvalue weighted by atomic mass is 35.5. The van der Waals surface area contributed by atoms with Gasteiger partial charge in [0.1, 0.15) is 0 Å². The number of halogens is 2. The lowest BCUT2D eigenvalue weighted by Crippen LogP contribution is -2.13. The molecule has 0 fully saturated rings. The Morgan fingerprint density at radius 1 is 1.00 bits per heavy atom. The van der Waals surface area contributed by atoms with E-state index in [0.29, 0.717) is 27.1 Å². The number of ether oxygens (including phenoxy) is 3. The third-order valence-corrected chi connectivity index (χ3v) is 4.13. The number of amides is 1. The van der Waals surface area contributed by atoms with Gasteiger partial charge in [-0.05, 0) is 23.8 Å². The monoisotopic (exact) mass is 409 g/mol. The molecule has 0 heterocycles. The Morgan fingerprint density at radius 2 is 1.67 bits per heavy atom. The highest BCUT2D eigenvalue weighted by molar-refractivity contribution is 6.35. The number of benzene rings is 2. The average Bonchev–Trinajstić information content (AvgIpc) is 2.66. The fraction of sp³-hybridized carbons (Fsp3) is 0.158. The molecular weight excluding hydrogens is 393 g/mol. The molecular formula is C19H17Cl2NO5. The van der Waals surface area contributed by atoms with Crippen LogP contribution in [0.25, 0.3) is 6.08 Å². The van der Waals surface area contributed by atoms with Crippen LogP contribution in [0, 0.1) is 0 Å². The van der Waals surface area contributed by atoms with Gasteiger partial charge in [-0.15, -0.1) is 0 Å².